The van der Waals surface area contributed by atoms with Gasteiger partial charge in [0.2, 0.25) is 5.91 Å². The van der Waals surface area contributed by atoms with Gasteiger partial charge in [-0.05, 0) is 23.3 Å². The SMILES string of the molecule is COc1ccc(C(NC(=O)N2CCNC(=O)C2)C(=O)Cc2ccc([Si](C)(C)C)cc2)cc1. The fraction of sp³-hybridized carbons (Fsp3) is 0.375. The van der Waals surface area contributed by atoms with Gasteiger partial charge in [0.05, 0.1) is 15.2 Å². The highest BCUT2D eigenvalue weighted by Crippen LogP contribution is 2.21. The molecule has 0 spiro atoms. The molecule has 1 aliphatic rings. The molecule has 0 bridgehead atoms. The average molecular weight is 454 g/mol. The second-order valence-electron chi connectivity index (χ2n) is 9.02. The smallest absolute Gasteiger partial charge is 0.318 e. The van der Waals surface area contributed by atoms with Crippen LogP contribution in [0.1, 0.15) is 17.2 Å². The third-order valence-electron chi connectivity index (χ3n) is 5.56. The van der Waals surface area contributed by atoms with Gasteiger partial charge < -0.3 is 20.3 Å². The highest BCUT2D eigenvalue weighted by Gasteiger charge is 2.28. The molecule has 1 saturated heterocycles. The molecule has 1 atom stereocenters. The Labute approximate surface area is 190 Å². The van der Waals surface area contributed by atoms with Crippen molar-refractivity contribution >= 4 is 31.0 Å². The Morgan fingerprint density at radius 1 is 1.09 bits per heavy atom. The standard InChI is InChI=1S/C24H31N3O4Si/c1-31-19-9-7-18(8-10-19)23(26-24(30)27-14-13-25-22(29)16-27)21(28)15-17-5-11-20(12-6-17)32(2,3)4/h5-12,23H,13-16H2,1-4H3,(H,25,29)(H,26,30). The zero-order valence-corrected chi connectivity index (χ0v) is 20.1. The second-order valence-corrected chi connectivity index (χ2v) is 14.1. The highest BCUT2D eigenvalue weighted by molar-refractivity contribution is 6.88. The van der Waals surface area contributed by atoms with Crippen molar-refractivity contribution < 1.29 is 19.1 Å². The van der Waals surface area contributed by atoms with Gasteiger partial charge in [0.15, 0.2) is 5.78 Å². The van der Waals surface area contributed by atoms with E-state index in [4.69, 9.17) is 4.74 Å². The van der Waals surface area contributed by atoms with Crippen molar-refractivity contribution in [2.45, 2.75) is 32.1 Å². The van der Waals surface area contributed by atoms with Gasteiger partial charge in [0.1, 0.15) is 18.3 Å². The summed E-state index contributed by atoms with van der Waals surface area (Å²) in [5.74, 6) is 0.341. The fourth-order valence-electron chi connectivity index (χ4n) is 3.60. The van der Waals surface area contributed by atoms with Crippen molar-refractivity contribution in [3.8, 4) is 5.75 Å². The number of ketones is 1. The van der Waals surface area contributed by atoms with Crippen LogP contribution in [0.3, 0.4) is 0 Å². The number of piperazine rings is 1. The number of hydrogen-bond acceptors (Lipinski definition) is 4. The number of carbonyl (C=O) groups is 3. The first-order chi connectivity index (χ1) is 15.2. The topological polar surface area (TPSA) is 87.7 Å². The molecule has 32 heavy (non-hydrogen) atoms. The summed E-state index contributed by atoms with van der Waals surface area (Å²) in [6.45, 7) is 7.62. The molecule has 7 nitrogen and oxygen atoms in total. The molecular weight excluding hydrogens is 422 g/mol. The molecule has 0 saturated carbocycles. The van der Waals surface area contributed by atoms with Gasteiger partial charge >= 0.3 is 6.03 Å². The molecule has 1 unspecified atom stereocenters. The predicted octanol–water partition coefficient (Wildman–Crippen LogP) is 2.23. The molecule has 0 radical (unpaired) electrons. The summed E-state index contributed by atoms with van der Waals surface area (Å²) in [6.07, 6.45) is 0.198. The molecule has 0 aliphatic carbocycles. The minimum absolute atomic E-state index is 0.0203. The number of methoxy groups -OCH3 is 1. The largest absolute Gasteiger partial charge is 0.497 e. The molecule has 3 amide bonds. The van der Waals surface area contributed by atoms with Crippen LogP contribution < -0.4 is 20.6 Å². The number of amides is 3. The molecule has 170 valence electrons. The monoisotopic (exact) mass is 453 g/mol. The van der Waals surface area contributed by atoms with E-state index >= 15 is 0 Å². The van der Waals surface area contributed by atoms with Gasteiger partial charge in [0.25, 0.3) is 0 Å². The normalized spacial score (nSPS) is 15.0. The van der Waals surface area contributed by atoms with Gasteiger partial charge in [-0.25, -0.2) is 4.79 Å². The van der Waals surface area contributed by atoms with Gasteiger partial charge in [-0.2, -0.15) is 0 Å². The van der Waals surface area contributed by atoms with Crippen LogP contribution in [0.15, 0.2) is 48.5 Å². The molecule has 1 heterocycles. The summed E-state index contributed by atoms with van der Waals surface area (Å²) in [7, 11) is 0.156. The first kappa shape index (κ1) is 23.5. The summed E-state index contributed by atoms with van der Waals surface area (Å²) in [4.78, 5) is 39.2. The summed E-state index contributed by atoms with van der Waals surface area (Å²) in [5.41, 5.74) is 1.58. The molecule has 2 aromatic carbocycles. The number of ether oxygens (including phenoxy) is 1. The van der Waals surface area contributed by atoms with Crippen LogP contribution >= 0.6 is 0 Å². The van der Waals surface area contributed by atoms with Crippen LogP contribution in [0.2, 0.25) is 19.6 Å². The third-order valence-corrected chi connectivity index (χ3v) is 7.63. The number of carbonyl (C=O) groups excluding carboxylic acids is 3. The van der Waals surface area contributed by atoms with E-state index in [9.17, 15) is 14.4 Å². The maximum atomic E-state index is 13.3. The van der Waals surface area contributed by atoms with Crippen molar-refractivity contribution in [2.24, 2.45) is 0 Å². The van der Waals surface area contributed by atoms with Gasteiger partial charge in [-0.15, -0.1) is 0 Å². The van der Waals surface area contributed by atoms with Gasteiger partial charge in [0, 0.05) is 19.5 Å². The predicted molar refractivity (Wildman–Crippen MR) is 127 cm³/mol. The Balaban J connectivity index is 1.79. The number of hydrogen-bond donors (Lipinski definition) is 2. The fourth-order valence-corrected chi connectivity index (χ4v) is 4.77. The molecular formula is C24H31N3O4Si. The van der Waals surface area contributed by atoms with Crippen LogP contribution in [0.5, 0.6) is 5.75 Å². The number of urea groups is 1. The molecule has 1 aliphatic heterocycles. The average Bonchev–Trinajstić information content (AvgIpc) is 2.77. The first-order valence-electron chi connectivity index (χ1n) is 10.8. The maximum Gasteiger partial charge on any atom is 0.318 e. The summed E-state index contributed by atoms with van der Waals surface area (Å²) >= 11 is 0. The van der Waals surface area contributed by atoms with Crippen molar-refractivity contribution in [3.63, 3.8) is 0 Å². The Kier molecular flexibility index (Phi) is 7.35. The van der Waals surface area contributed by atoms with E-state index in [1.54, 1.807) is 31.4 Å². The van der Waals surface area contributed by atoms with Crippen LogP contribution in [0, 0.1) is 0 Å². The van der Waals surface area contributed by atoms with Crippen molar-refractivity contribution in [2.75, 3.05) is 26.7 Å². The Morgan fingerprint density at radius 3 is 2.31 bits per heavy atom. The Morgan fingerprint density at radius 2 is 1.75 bits per heavy atom. The van der Waals surface area contributed by atoms with E-state index in [0.29, 0.717) is 24.4 Å². The molecule has 3 rings (SSSR count). The van der Waals surface area contributed by atoms with Crippen LogP contribution in [0.25, 0.3) is 0 Å². The third kappa shape index (κ3) is 5.97. The lowest BCUT2D eigenvalue weighted by atomic mass is 9.97. The van der Waals surface area contributed by atoms with E-state index in [1.165, 1.54) is 10.1 Å². The van der Waals surface area contributed by atoms with E-state index in [1.807, 2.05) is 12.1 Å². The maximum absolute atomic E-state index is 13.3. The van der Waals surface area contributed by atoms with Crippen LogP contribution in [-0.2, 0) is 16.0 Å². The molecule has 1 fully saturated rings. The number of Topliss-reactive ketones (excluding diaryl/α,β-unsaturated/α-hetero) is 1. The zero-order valence-electron chi connectivity index (χ0n) is 19.1. The van der Waals surface area contributed by atoms with Crippen molar-refractivity contribution in [1.82, 2.24) is 15.5 Å². The van der Waals surface area contributed by atoms with Gasteiger partial charge in [-0.3, -0.25) is 9.59 Å². The van der Waals surface area contributed by atoms with E-state index in [2.05, 4.69) is 42.4 Å². The summed E-state index contributed by atoms with van der Waals surface area (Å²) in [6, 6.07) is 14.0. The number of nitrogens with one attached hydrogen (secondary N) is 2. The quantitative estimate of drug-likeness (QED) is 0.630. The van der Waals surface area contributed by atoms with Crippen molar-refractivity contribution in [1.29, 1.82) is 0 Å². The van der Waals surface area contributed by atoms with Crippen LogP contribution in [0.4, 0.5) is 4.79 Å². The van der Waals surface area contributed by atoms with E-state index < -0.39 is 20.1 Å². The van der Waals surface area contributed by atoms with E-state index in [0.717, 1.165) is 5.56 Å². The number of rotatable bonds is 7. The minimum Gasteiger partial charge on any atom is -0.497 e. The van der Waals surface area contributed by atoms with Gasteiger partial charge in [-0.1, -0.05) is 61.2 Å². The minimum atomic E-state index is -1.42. The van der Waals surface area contributed by atoms with Crippen LogP contribution in [-0.4, -0.2) is 57.4 Å². The summed E-state index contributed by atoms with van der Waals surface area (Å²) < 4.78 is 5.21. The lowest BCUT2D eigenvalue weighted by molar-refractivity contribution is -0.123. The lowest BCUT2D eigenvalue weighted by Crippen LogP contribution is -2.54. The Bertz CT molecular complexity index is 968. The molecule has 2 aromatic rings. The zero-order chi connectivity index (χ0) is 23.3. The summed E-state index contributed by atoms with van der Waals surface area (Å²) in [5, 5.41) is 6.87. The number of nitrogens with zero attached hydrogens (tertiary/aromatic N) is 1. The van der Waals surface area contributed by atoms with E-state index in [-0.39, 0.29) is 24.7 Å². The second kappa shape index (κ2) is 9.99. The lowest BCUT2D eigenvalue weighted by Gasteiger charge is -2.29. The van der Waals surface area contributed by atoms with Crippen molar-refractivity contribution in [3.05, 3.63) is 59.7 Å². The molecule has 8 heteroatoms. The first-order valence-corrected chi connectivity index (χ1v) is 14.3. The number of benzene rings is 2. The Hall–Kier alpha value is -3.13. The highest BCUT2D eigenvalue weighted by atomic mass is 28.3. The molecule has 2 N–H and O–H groups in total. The molecule has 0 aromatic heterocycles.